The van der Waals surface area contributed by atoms with Crippen molar-refractivity contribution in [3.8, 4) is 34.6 Å². The van der Waals surface area contributed by atoms with Gasteiger partial charge in [0, 0.05) is 38.2 Å². The molecule has 0 saturated carbocycles. The predicted octanol–water partition coefficient (Wildman–Crippen LogP) is 9.20. The number of nitrogens with zero attached hydrogens (tertiary/aromatic N) is 7. The van der Waals surface area contributed by atoms with Crippen molar-refractivity contribution in [1.29, 1.82) is 0 Å². The maximum atomic E-state index is 17.9. The van der Waals surface area contributed by atoms with Gasteiger partial charge in [0.15, 0.2) is 11.6 Å². The molecular formula is C51H58F3N7O6. The van der Waals surface area contributed by atoms with Crippen LogP contribution < -0.4 is 28.7 Å². The first-order valence-corrected chi connectivity index (χ1v) is 23.3. The Morgan fingerprint density at radius 3 is 2.27 bits per heavy atom. The molecule has 2 aromatic heterocycles. The molecule has 0 aliphatic carbocycles. The largest absolute Gasteiger partial charge is 0.497 e. The van der Waals surface area contributed by atoms with Crippen LogP contribution in [0, 0.1) is 18.6 Å². The van der Waals surface area contributed by atoms with Gasteiger partial charge in [0.2, 0.25) is 5.88 Å². The molecule has 5 aliphatic rings. The van der Waals surface area contributed by atoms with Crippen molar-refractivity contribution in [2.75, 3.05) is 50.3 Å². The Kier molecular flexibility index (Phi) is 11.5. The zero-order valence-electron chi connectivity index (χ0n) is 39.2. The van der Waals surface area contributed by atoms with Gasteiger partial charge >= 0.3 is 12.1 Å². The molecule has 354 valence electrons. The first kappa shape index (κ1) is 44.8. The highest BCUT2D eigenvalue weighted by molar-refractivity contribution is 5.97. The summed E-state index contributed by atoms with van der Waals surface area (Å²) in [5, 5.41) is 0.229. The molecule has 5 aliphatic heterocycles. The van der Waals surface area contributed by atoms with Gasteiger partial charge in [-0.15, -0.1) is 0 Å². The molecule has 4 saturated heterocycles. The van der Waals surface area contributed by atoms with E-state index in [2.05, 4.69) is 9.80 Å². The summed E-state index contributed by atoms with van der Waals surface area (Å²) in [7, 11) is 3.21. The molecule has 67 heavy (non-hydrogen) atoms. The lowest BCUT2D eigenvalue weighted by Crippen LogP contribution is -2.65. The Bertz CT molecular complexity index is 2640. The monoisotopic (exact) mass is 921 g/mol. The number of amides is 1. The second-order valence-electron chi connectivity index (χ2n) is 19.8. The van der Waals surface area contributed by atoms with E-state index in [4.69, 9.17) is 38.6 Å². The summed E-state index contributed by atoms with van der Waals surface area (Å²) in [6, 6.07) is 17.4. The van der Waals surface area contributed by atoms with Gasteiger partial charge in [-0.05, 0) is 120 Å². The number of benzene rings is 3. The first-order chi connectivity index (χ1) is 32.1. The molecule has 0 spiro atoms. The minimum atomic E-state index is -0.978. The lowest BCUT2D eigenvalue weighted by Gasteiger charge is -2.48. The molecule has 16 heteroatoms. The summed E-state index contributed by atoms with van der Waals surface area (Å²) in [6.45, 7) is 11.5. The number of carbonyl (C=O) groups is 1. The van der Waals surface area contributed by atoms with Crippen LogP contribution in [0.2, 0.25) is 0 Å². The minimum absolute atomic E-state index is 0.0435. The zero-order chi connectivity index (χ0) is 46.9. The molecule has 3 aromatic carbocycles. The number of ether oxygens (including phenoxy) is 5. The van der Waals surface area contributed by atoms with Gasteiger partial charge < -0.3 is 33.5 Å². The lowest BCUT2D eigenvalue weighted by atomic mass is 9.95. The summed E-state index contributed by atoms with van der Waals surface area (Å²) >= 11 is 0. The van der Waals surface area contributed by atoms with E-state index in [0.717, 1.165) is 36.9 Å². The van der Waals surface area contributed by atoms with Crippen LogP contribution in [-0.4, -0.2) is 113 Å². The Labute approximate surface area is 389 Å². The number of hydrogen-bond acceptors (Lipinski definition) is 12. The normalized spacial score (nSPS) is 24.2. The fourth-order valence-electron chi connectivity index (χ4n) is 11.2. The highest BCUT2D eigenvalue weighted by atomic mass is 19.1. The van der Waals surface area contributed by atoms with Gasteiger partial charge in [-0.1, -0.05) is 24.3 Å². The lowest BCUT2D eigenvalue weighted by molar-refractivity contribution is 0.000933. The summed E-state index contributed by atoms with van der Waals surface area (Å²) in [5.41, 5.74) is 1.00. The van der Waals surface area contributed by atoms with Crippen LogP contribution in [0.5, 0.6) is 23.4 Å². The van der Waals surface area contributed by atoms with Crippen LogP contribution in [0.4, 0.5) is 29.5 Å². The second kappa shape index (κ2) is 17.2. The Morgan fingerprint density at radius 2 is 1.61 bits per heavy atom. The third kappa shape index (κ3) is 8.28. The van der Waals surface area contributed by atoms with Crippen molar-refractivity contribution in [1.82, 2.24) is 24.8 Å². The van der Waals surface area contributed by atoms with Gasteiger partial charge in [-0.3, -0.25) is 9.80 Å². The third-order valence-corrected chi connectivity index (χ3v) is 14.2. The number of hydrogen-bond donors (Lipinski definition) is 0. The van der Waals surface area contributed by atoms with Crippen molar-refractivity contribution in [3.63, 3.8) is 0 Å². The molecule has 10 rings (SSSR count). The van der Waals surface area contributed by atoms with E-state index in [1.807, 2.05) is 92.9 Å². The van der Waals surface area contributed by atoms with Gasteiger partial charge in [0.05, 0.1) is 43.6 Å². The Hall–Kier alpha value is -6.03. The fourth-order valence-corrected chi connectivity index (χ4v) is 11.2. The van der Waals surface area contributed by atoms with Crippen molar-refractivity contribution in [2.24, 2.45) is 0 Å². The predicted molar refractivity (Wildman–Crippen MR) is 248 cm³/mol. The van der Waals surface area contributed by atoms with Gasteiger partial charge in [-0.25, -0.2) is 22.9 Å². The Morgan fingerprint density at radius 1 is 0.925 bits per heavy atom. The number of anilines is 2. The average molecular weight is 922 g/mol. The number of aromatic nitrogens is 3. The number of methoxy groups -OCH3 is 2. The molecule has 7 heterocycles. The van der Waals surface area contributed by atoms with Crippen LogP contribution in [0.15, 0.2) is 60.7 Å². The molecule has 0 unspecified atom stereocenters. The van der Waals surface area contributed by atoms with E-state index < -0.39 is 47.2 Å². The van der Waals surface area contributed by atoms with Crippen LogP contribution in [0.25, 0.3) is 22.2 Å². The number of piperazine rings is 1. The van der Waals surface area contributed by atoms with E-state index in [0.29, 0.717) is 61.9 Å². The highest BCUT2D eigenvalue weighted by Gasteiger charge is 2.54. The van der Waals surface area contributed by atoms with Crippen LogP contribution in [0.1, 0.15) is 76.5 Å². The van der Waals surface area contributed by atoms with Crippen molar-refractivity contribution in [3.05, 3.63) is 89.0 Å². The van der Waals surface area contributed by atoms with E-state index in [1.165, 1.54) is 0 Å². The molecule has 5 aromatic rings. The number of aryl methyl sites for hydroxylation is 1. The van der Waals surface area contributed by atoms with Crippen LogP contribution in [-0.2, 0) is 17.8 Å². The number of halogens is 3. The highest BCUT2D eigenvalue weighted by Crippen LogP contribution is 2.48. The summed E-state index contributed by atoms with van der Waals surface area (Å²) in [6.07, 6.45) is 1.42. The van der Waals surface area contributed by atoms with Crippen LogP contribution >= 0.6 is 0 Å². The number of rotatable bonds is 11. The molecule has 13 nitrogen and oxygen atoms in total. The number of alkyl halides is 1. The fraction of sp³-hybridized carbons (Fsp3) is 0.490. The SMILES string of the molecule is COc1ccc(CN(Cc2ccc(OC)cc2)c2cc(C)cc(-c3nc4c5c(nc(OC[C@@]67CCCN6C[C@H](F)C7)nc5c3F)N3C[C@H]5CC[C@@H]([C@H]3[C@H](C)O4)N5C(=O)OC(C)(C)C)c2F)cc1. The number of carbonyl (C=O) groups excluding carboxylic acids is 1. The molecule has 6 atom stereocenters. The molecule has 4 fully saturated rings. The number of fused-ring (bicyclic) bond motifs is 6. The number of pyridine rings is 1. The summed E-state index contributed by atoms with van der Waals surface area (Å²) < 4.78 is 80.5. The first-order valence-electron chi connectivity index (χ1n) is 23.3. The third-order valence-electron chi connectivity index (χ3n) is 14.2. The van der Waals surface area contributed by atoms with Gasteiger partial charge in [0.25, 0.3) is 0 Å². The van der Waals surface area contributed by atoms with E-state index >= 15 is 8.78 Å². The van der Waals surface area contributed by atoms with Gasteiger partial charge in [-0.2, -0.15) is 9.97 Å². The van der Waals surface area contributed by atoms with Gasteiger partial charge in [0.1, 0.15) is 58.4 Å². The standard InChI is InChI=1S/C51H58F3N7O6/c1-29-21-37(41(53)39(22-29)58(24-31-9-14-35(63-6)15-10-31)25-32-11-16-36(64-7)17-12-32)43-42(54)44-40-46(57-48(56-44)65-28-51-19-8-20-59(51)26-33(52)23-51)60-27-34-13-18-38(45(60)30(2)66-47(40)55-43)61(34)49(62)67-50(3,4)5/h9-12,14-17,21-22,30,33-34,38,45H,8,13,18-20,23-28H2,1-7H3/t30-,33+,34+,38-,45+,51-/m0/s1. The maximum absolute atomic E-state index is 17.9. The maximum Gasteiger partial charge on any atom is 0.410 e. The smallest absolute Gasteiger partial charge is 0.410 e. The molecular weight excluding hydrogens is 864 g/mol. The quantitative estimate of drug-likeness (QED) is 0.126. The van der Waals surface area contributed by atoms with Crippen molar-refractivity contribution >= 4 is 28.5 Å². The molecule has 0 N–H and O–H groups in total. The van der Waals surface area contributed by atoms with E-state index in [9.17, 15) is 9.18 Å². The topological polar surface area (TPSA) is 115 Å². The van der Waals surface area contributed by atoms with E-state index in [1.54, 1.807) is 26.4 Å². The Balaban J connectivity index is 1.09. The van der Waals surface area contributed by atoms with Crippen LogP contribution in [0.3, 0.4) is 0 Å². The molecule has 0 radical (unpaired) electrons. The summed E-state index contributed by atoms with van der Waals surface area (Å²) in [4.78, 5) is 36.4. The second-order valence-corrected chi connectivity index (χ2v) is 19.8. The zero-order valence-corrected chi connectivity index (χ0v) is 39.2. The van der Waals surface area contributed by atoms with E-state index in [-0.39, 0.29) is 58.4 Å². The molecule has 1 amide bonds. The average Bonchev–Trinajstić information content (AvgIpc) is 3.91. The molecule has 2 bridgehead atoms. The van der Waals surface area contributed by atoms with Crippen molar-refractivity contribution < 1.29 is 41.7 Å². The summed E-state index contributed by atoms with van der Waals surface area (Å²) in [5.74, 6) is 0.245. The van der Waals surface area contributed by atoms with Crippen molar-refractivity contribution in [2.45, 2.75) is 121 Å². The minimum Gasteiger partial charge on any atom is -0.497 e.